The highest BCUT2D eigenvalue weighted by Crippen LogP contribution is 2.32. The number of aliphatic hydroxyl groups excluding tert-OH is 1. The van der Waals surface area contributed by atoms with Gasteiger partial charge in [0.2, 0.25) is 0 Å². The first-order valence-corrected chi connectivity index (χ1v) is 6.96. The summed E-state index contributed by atoms with van der Waals surface area (Å²) in [5.41, 5.74) is 3.91. The zero-order valence-electron chi connectivity index (χ0n) is 11.4. The monoisotopic (exact) mass is 235 g/mol. The van der Waals surface area contributed by atoms with Crippen molar-refractivity contribution in [3.63, 3.8) is 0 Å². The lowest BCUT2D eigenvalue weighted by molar-refractivity contribution is 0.155. The summed E-state index contributed by atoms with van der Waals surface area (Å²) in [7, 11) is 0. The average Bonchev–Trinajstić information content (AvgIpc) is 2.57. The number of nitrogens with zero attached hydrogens (tertiary/aromatic N) is 1. The van der Waals surface area contributed by atoms with Crippen molar-refractivity contribution in [2.24, 2.45) is 5.92 Å². The number of aliphatic hydroxyl groups is 1. The van der Waals surface area contributed by atoms with Crippen molar-refractivity contribution in [2.75, 3.05) is 0 Å². The summed E-state index contributed by atoms with van der Waals surface area (Å²) in [4.78, 5) is 0. The lowest BCUT2D eigenvalue weighted by Gasteiger charge is -2.20. The number of rotatable bonds is 4. The van der Waals surface area contributed by atoms with Crippen molar-refractivity contribution in [3.8, 4) is 0 Å². The Morgan fingerprint density at radius 2 is 2.24 bits per heavy atom. The van der Waals surface area contributed by atoms with Gasteiger partial charge in [-0.1, -0.05) is 13.8 Å². The van der Waals surface area contributed by atoms with E-state index < -0.39 is 0 Å². The lowest BCUT2D eigenvalue weighted by atomic mass is 9.95. The summed E-state index contributed by atoms with van der Waals surface area (Å²) in [5, 5.41) is 10.00. The molecule has 0 saturated carbocycles. The van der Waals surface area contributed by atoms with Gasteiger partial charge >= 0.3 is 0 Å². The molecule has 1 aliphatic rings. The molecule has 1 N–H and O–H groups in total. The minimum atomic E-state index is -0.219. The maximum atomic E-state index is 10.00. The molecule has 1 aromatic rings. The van der Waals surface area contributed by atoms with Gasteiger partial charge in [0, 0.05) is 23.5 Å². The Hall–Kier alpha value is -0.760. The minimum absolute atomic E-state index is 0.219. The smallest absolute Gasteiger partial charge is 0.0807 e. The predicted molar refractivity (Wildman–Crippen MR) is 71.1 cm³/mol. The number of hydrogen-bond acceptors (Lipinski definition) is 1. The van der Waals surface area contributed by atoms with E-state index in [0.717, 1.165) is 31.7 Å². The SMILES string of the molecule is Cc1cc2c(n1CCCC(C)C)CCCC2O. The van der Waals surface area contributed by atoms with E-state index in [1.807, 2.05) is 0 Å². The molecule has 0 aliphatic heterocycles. The maximum absolute atomic E-state index is 10.00. The third-order valence-corrected chi connectivity index (χ3v) is 3.86. The highest BCUT2D eigenvalue weighted by molar-refractivity contribution is 5.31. The van der Waals surface area contributed by atoms with Crippen molar-refractivity contribution >= 4 is 0 Å². The molecule has 0 saturated heterocycles. The molecule has 2 rings (SSSR count). The summed E-state index contributed by atoms with van der Waals surface area (Å²) in [6, 6.07) is 2.19. The van der Waals surface area contributed by atoms with Gasteiger partial charge in [0.15, 0.2) is 0 Å². The average molecular weight is 235 g/mol. The zero-order chi connectivity index (χ0) is 12.4. The van der Waals surface area contributed by atoms with Crippen LogP contribution in [0.2, 0.25) is 0 Å². The van der Waals surface area contributed by atoms with Crippen molar-refractivity contribution in [1.29, 1.82) is 0 Å². The fourth-order valence-corrected chi connectivity index (χ4v) is 2.91. The second kappa shape index (κ2) is 5.26. The van der Waals surface area contributed by atoms with Gasteiger partial charge in [0.05, 0.1) is 6.10 Å². The Morgan fingerprint density at radius 3 is 2.94 bits per heavy atom. The van der Waals surface area contributed by atoms with Crippen LogP contribution in [0.4, 0.5) is 0 Å². The van der Waals surface area contributed by atoms with Gasteiger partial charge in [0.1, 0.15) is 0 Å². The van der Waals surface area contributed by atoms with E-state index in [0.29, 0.717) is 0 Å². The first kappa shape index (κ1) is 12.7. The summed E-state index contributed by atoms with van der Waals surface area (Å²) in [6.45, 7) is 7.84. The molecule has 0 bridgehead atoms. The molecule has 0 fully saturated rings. The fourth-order valence-electron chi connectivity index (χ4n) is 2.91. The van der Waals surface area contributed by atoms with Gasteiger partial charge in [-0.05, 0) is 51.0 Å². The van der Waals surface area contributed by atoms with Crippen molar-refractivity contribution in [3.05, 3.63) is 23.0 Å². The molecule has 1 unspecified atom stereocenters. The second-order valence-electron chi connectivity index (χ2n) is 5.78. The topological polar surface area (TPSA) is 25.2 Å². The van der Waals surface area contributed by atoms with Gasteiger partial charge in [-0.3, -0.25) is 0 Å². The normalized spacial score (nSPS) is 19.7. The summed E-state index contributed by atoms with van der Waals surface area (Å²) in [6.07, 6.45) is 5.51. The van der Waals surface area contributed by atoms with Crippen LogP contribution < -0.4 is 0 Å². The number of aryl methyl sites for hydroxylation is 1. The number of fused-ring (bicyclic) bond motifs is 1. The zero-order valence-corrected chi connectivity index (χ0v) is 11.4. The second-order valence-corrected chi connectivity index (χ2v) is 5.78. The van der Waals surface area contributed by atoms with Crippen LogP contribution in [0.5, 0.6) is 0 Å². The third-order valence-electron chi connectivity index (χ3n) is 3.86. The van der Waals surface area contributed by atoms with Crippen LogP contribution in [0.1, 0.15) is 62.6 Å². The molecule has 0 aromatic carbocycles. The van der Waals surface area contributed by atoms with Gasteiger partial charge in [-0.15, -0.1) is 0 Å². The highest BCUT2D eigenvalue weighted by Gasteiger charge is 2.22. The molecule has 1 aromatic heterocycles. The number of aromatic nitrogens is 1. The van der Waals surface area contributed by atoms with Gasteiger partial charge in [-0.25, -0.2) is 0 Å². The van der Waals surface area contributed by atoms with E-state index in [-0.39, 0.29) is 6.10 Å². The van der Waals surface area contributed by atoms with Crippen LogP contribution in [0.25, 0.3) is 0 Å². The predicted octanol–water partition coefficient (Wildman–Crippen LogP) is 3.60. The molecule has 1 aliphatic carbocycles. The van der Waals surface area contributed by atoms with Crippen molar-refractivity contribution < 1.29 is 5.11 Å². The highest BCUT2D eigenvalue weighted by atomic mass is 16.3. The van der Waals surface area contributed by atoms with E-state index in [4.69, 9.17) is 0 Å². The Kier molecular flexibility index (Phi) is 3.93. The van der Waals surface area contributed by atoms with Crippen LogP contribution in [-0.4, -0.2) is 9.67 Å². The molecule has 17 heavy (non-hydrogen) atoms. The van der Waals surface area contributed by atoms with Crippen LogP contribution >= 0.6 is 0 Å². The molecule has 1 atom stereocenters. The van der Waals surface area contributed by atoms with Gasteiger partial charge < -0.3 is 9.67 Å². The van der Waals surface area contributed by atoms with Gasteiger partial charge in [0.25, 0.3) is 0 Å². The van der Waals surface area contributed by atoms with Crippen LogP contribution in [0, 0.1) is 12.8 Å². The van der Waals surface area contributed by atoms with Crippen molar-refractivity contribution in [2.45, 2.75) is 65.5 Å². The quantitative estimate of drug-likeness (QED) is 0.847. The summed E-state index contributed by atoms with van der Waals surface area (Å²) in [5.74, 6) is 0.785. The standard InChI is InChI=1S/C15H25NO/c1-11(2)6-5-9-16-12(3)10-13-14(16)7-4-8-15(13)17/h10-11,15,17H,4-9H2,1-3H3. The van der Waals surface area contributed by atoms with E-state index in [2.05, 4.69) is 31.4 Å². The molecule has 0 amide bonds. The molecule has 2 heteroatoms. The van der Waals surface area contributed by atoms with Crippen molar-refractivity contribution in [1.82, 2.24) is 4.57 Å². The number of hydrogen-bond donors (Lipinski definition) is 1. The maximum Gasteiger partial charge on any atom is 0.0807 e. The van der Waals surface area contributed by atoms with E-state index in [1.165, 1.54) is 29.8 Å². The molecule has 2 nitrogen and oxygen atoms in total. The van der Waals surface area contributed by atoms with Crippen LogP contribution in [-0.2, 0) is 13.0 Å². The minimum Gasteiger partial charge on any atom is -0.388 e. The van der Waals surface area contributed by atoms with E-state index >= 15 is 0 Å². The Balaban J connectivity index is 2.11. The first-order chi connectivity index (χ1) is 8.09. The lowest BCUT2D eigenvalue weighted by Crippen LogP contribution is -2.13. The van der Waals surface area contributed by atoms with Gasteiger partial charge in [-0.2, -0.15) is 0 Å². The third kappa shape index (κ3) is 2.74. The molecule has 0 radical (unpaired) electrons. The van der Waals surface area contributed by atoms with Crippen LogP contribution in [0.3, 0.4) is 0 Å². The van der Waals surface area contributed by atoms with E-state index in [9.17, 15) is 5.11 Å². The Labute approximate surface area is 105 Å². The molecular weight excluding hydrogens is 210 g/mol. The largest absolute Gasteiger partial charge is 0.388 e. The first-order valence-electron chi connectivity index (χ1n) is 6.96. The van der Waals surface area contributed by atoms with E-state index in [1.54, 1.807) is 0 Å². The van der Waals surface area contributed by atoms with Crippen LogP contribution in [0.15, 0.2) is 6.07 Å². The Bertz CT molecular complexity index is 379. The molecule has 0 spiro atoms. The molecule has 1 heterocycles. The summed E-state index contributed by atoms with van der Waals surface area (Å²) >= 11 is 0. The summed E-state index contributed by atoms with van der Waals surface area (Å²) < 4.78 is 2.43. The molecule has 96 valence electrons. The molecular formula is C15H25NO. The fraction of sp³-hybridized carbons (Fsp3) is 0.733. The Morgan fingerprint density at radius 1 is 1.47 bits per heavy atom.